The highest BCUT2D eigenvalue weighted by atomic mass is 32.1. The Bertz CT molecular complexity index is 1120. The van der Waals surface area contributed by atoms with Crippen LogP contribution in [-0.4, -0.2) is 29.6 Å². The third kappa shape index (κ3) is 4.92. The van der Waals surface area contributed by atoms with Crippen LogP contribution in [0.15, 0.2) is 23.9 Å². The van der Waals surface area contributed by atoms with E-state index in [-0.39, 0.29) is 33.9 Å². The molecular formula is C22H19F5N2O3S. The van der Waals surface area contributed by atoms with Crippen molar-refractivity contribution < 1.29 is 36.2 Å². The number of nitrogens with one attached hydrogen (secondary N) is 1. The van der Waals surface area contributed by atoms with Crippen molar-refractivity contribution in [1.82, 2.24) is 10.2 Å². The lowest BCUT2D eigenvalue weighted by atomic mass is 10.1. The molecule has 0 aliphatic carbocycles. The highest BCUT2D eigenvalue weighted by Gasteiger charge is 2.31. The summed E-state index contributed by atoms with van der Waals surface area (Å²) in [4.78, 5) is 14.0. The Balaban J connectivity index is 1.88. The number of thiocarbonyl (C=S) groups is 1. The van der Waals surface area contributed by atoms with Crippen LogP contribution in [0.3, 0.4) is 0 Å². The van der Waals surface area contributed by atoms with E-state index in [9.17, 15) is 26.7 Å². The maximum Gasteiger partial charge on any atom is 0.276 e. The first-order valence-electron chi connectivity index (χ1n) is 9.70. The van der Waals surface area contributed by atoms with Gasteiger partial charge in [-0.05, 0) is 41.9 Å². The summed E-state index contributed by atoms with van der Waals surface area (Å²) in [5, 5.41) is 3.10. The topological polar surface area (TPSA) is 50.8 Å². The molecule has 11 heteroatoms. The van der Waals surface area contributed by atoms with Crippen LogP contribution in [0.2, 0.25) is 0 Å². The van der Waals surface area contributed by atoms with E-state index in [0.29, 0.717) is 12.1 Å². The van der Waals surface area contributed by atoms with Crippen molar-refractivity contribution >= 4 is 29.3 Å². The molecule has 0 unspecified atom stereocenters. The molecule has 1 saturated heterocycles. The fraction of sp³-hybridized carbons (Fsp3) is 0.273. The van der Waals surface area contributed by atoms with Crippen LogP contribution in [0.25, 0.3) is 6.08 Å². The van der Waals surface area contributed by atoms with Crippen molar-refractivity contribution in [3.63, 3.8) is 0 Å². The SMILES string of the molecule is COc1ccc(/C=C2/NC(=S)N(CC(C)C)C2=O)cc1COc1c(F)c(F)c(F)c(F)c1F. The molecule has 33 heavy (non-hydrogen) atoms. The zero-order chi connectivity index (χ0) is 24.4. The molecule has 1 aliphatic heterocycles. The van der Waals surface area contributed by atoms with E-state index >= 15 is 0 Å². The highest BCUT2D eigenvalue weighted by molar-refractivity contribution is 7.80. The van der Waals surface area contributed by atoms with Crippen molar-refractivity contribution in [2.45, 2.75) is 20.5 Å². The van der Waals surface area contributed by atoms with E-state index in [4.69, 9.17) is 21.7 Å². The smallest absolute Gasteiger partial charge is 0.276 e. The van der Waals surface area contributed by atoms with Gasteiger partial charge in [-0.15, -0.1) is 0 Å². The van der Waals surface area contributed by atoms with Gasteiger partial charge in [-0.1, -0.05) is 19.9 Å². The Labute approximate surface area is 191 Å². The second-order valence-electron chi connectivity index (χ2n) is 7.56. The van der Waals surface area contributed by atoms with Gasteiger partial charge in [0.1, 0.15) is 18.1 Å². The lowest BCUT2D eigenvalue weighted by molar-refractivity contribution is -0.122. The van der Waals surface area contributed by atoms with E-state index in [2.05, 4.69) is 5.32 Å². The number of rotatable bonds is 7. The van der Waals surface area contributed by atoms with E-state index in [1.165, 1.54) is 30.2 Å². The average Bonchev–Trinajstić information content (AvgIpc) is 3.03. The monoisotopic (exact) mass is 486 g/mol. The summed E-state index contributed by atoms with van der Waals surface area (Å²) < 4.78 is 78.0. The molecule has 2 aromatic rings. The standard InChI is InChI=1S/C22H19F5N2O3S/c1-10(2)8-29-21(30)13(28-22(29)33)7-11-4-5-14(31-3)12(6-11)9-32-20-18(26)16(24)15(23)17(25)19(20)27/h4-7,10H,8-9H2,1-3H3,(H,28,33)/b13-7+. The Morgan fingerprint density at radius 3 is 2.24 bits per heavy atom. The van der Waals surface area contributed by atoms with Gasteiger partial charge in [0.05, 0.1) is 7.11 Å². The largest absolute Gasteiger partial charge is 0.496 e. The maximum atomic E-state index is 13.9. The zero-order valence-electron chi connectivity index (χ0n) is 17.8. The number of methoxy groups -OCH3 is 1. The second kappa shape index (κ2) is 9.74. The normalized spacial score (nSPS) is 14.9. The van der Waals surface area contributed by atoms with Gasteiger partial charge in [-0.2, -0.15) is 8.78 Å². The fourth-order valence-corrected chi connectivity index (χ4v) is 3.40. The summed E-state index contributed by atoms with van der Waals surface area (Å²) in [5.41, 5.74) is 0.942. The van der Waals surface area contributed by atoms with Crippen LogP contribution >= 0.6 is 12.2 Å². The summed E-state index contributed by atoms with van der Waals surface area (Å²) >= 11 is 5.20. The second-order valence-corrected chi connectivity index (χ2v) is 7.94. The molecule has 176 valence electrons. The minimum Gasteiger partial charge on any atom is -0.496 e. The van der Waals surface area contributed by atoms with Gasteiger partial charge in [-0.25, -0.2) is 13.2 Å². The number of carbonyl (C=O) groups is 1. The maximum absolute atomic E-state index is 13.9. The summed E-state index contributed by atoms with van der Waals surface area (Å²) in [6.45, 7) is 3.75. The van der Waals surface area contributed by atoms with Crippen LogP contribution < -0.4 is 14.8 Å². The lowest BCUT2D eigenvalue weighted by Crippen LogP contribution is -2.33. The van der Waals surface area contributed by atoms with Crippen LogP contribution in [-0.2, 0) is 11.4 Å². The number of ether oxygens (including phenoxy) is 2. The molecule has 3 rings (SSSR count). The van der Waals surface area contributed by atoms with Gasteiger partial charge < -0.3 is 14.8 Å². The van der Waals surface area contributed by atoms with Crippen LogP contribution in [0, 0.1) is 35.0 Å². The minimum atomic E-state index is -2.28. The Kier molecular flexibility index (Phi) is 7.21. The van der Waals surface area contributed by atoms with Crippen molar-refractivity contribution in [2.75, 3.05) is 13.7 Å². The van der Waals surface area contributed by atoms with E-state index in [1.807, 2.05) is 13.8 Å². The minimum absolute atomic E-state index is 0.194. The van der Waals surface area contributed by atoms with E-state index < -0.39 is 41.4 Å². The van der Waals surface area contributed by atoms with E-state index in [0.717, 1.165) is 0 Å². The van der Waals surface area contributed by atoms with Crippen molar-refractivity contribution in [2.24, 2.45) is 5.92 Å². The number of halogens is 5. The number of nitrogens with zero attached hydrogens (tertiary/aromatic N) is 1. The number of hydrogen-bond acceptors (Lipinski definition) is 4. The number of amides is 1. The molecule has 0 radical (unpaired) electrons. The van der Waals surface area contributed by atoms with Gasteiger partial charge in [0, 0.05) is 12.1 Å². The average molecular weight is 486 g/mol. The fourth-order valence-electron chi connectivity index (χ4n) is 3.13. The predicted octanol–water partition coefficient (Wildman–Crippen LogP) is 4.68. The molecule has 0 aromatic heterocycles. The van der Waals surface area contributed by atoms with Crippen molar-refractivity contribution in [3.8, 4) is 11.5 Å². The summed E-state index contributed by atoms with van der Waals surface area (Å²) in [7, 11) is 1.33. The molecule has 0 bridgehead atoms. The Hall–Kier alpha value is -3.21. The Morgan fingerprint density at radius 1 is 1.06 bits per heavy atom. The van der Waals surface area contributed by atoms with Gasteiger partial charge in [0.25, 0.3) is 5.91 Å². The first-order valence-corrected chi connectivity index (χ1v) is 10.1. The Morgan fingerprint density at radius 2 is 1.67 bits per heavy atom. The predicted molar refractivity (Wildman–Crippen MR) is 114 cm³/mol. The molecule has 2 aromatic carbocycles. The first-order chi connectivity index (χ1) is 15.5. The summed E-state index contributed by atoms with van der Waals surface area (Å²) in [6, 6.07) is 4.60. The molecule has 1 fully saturated rings. The summed E-state index contributed by atoms with van der Waals surface area (Å²) in [6.07, 6.45) is 1.51. The third-order valence-electron chi connectivity index (χ3n) is 4.67. The van der Waals surface area contributed by atoms with Gasteiger partial charge in [0.15, 0.2) is 10.9 Å². The summed E-state index contributed by atoms with van der Waals surface area (Å²) in [5.74, 6) is -11.9. The third-order valence-corrected chi connectivity index (χ3v) is 4.99. The molecule has 0 spiro atoms. The molecule has 1 amide bonds. The van der Waals surface area contributed by atoms with Crippen LogP contribution in [0.5, 0.6) is 11.5 Å². The first kappa shape index (κ1) is 24.4. The number of carbonyl (C=O) groups excluding carboxylic acids is 1. The highest BCUT2D eigenvalue weighted by Crippen LogP contribution is 2.31. The number of benzene rings is 2. The van der Waals surface area contributed by atoms with Crippen molar-refractivity contribution in [1.29, 1.82) is 0 Å². The molecule has 1 heterocycles. The van der Waals surface area contributed by atoms with Gasteiger partial charge in [-0.3, -0.25) is 9.69 Å². The van der Waals surface area contributed by atoms with Crippen LogP contribution in [0.1, 0.15) is 25.0 Å². The number of hydrogen-bond donors (Lipinski definition) is 1. The van der Waals surface area contributed by atoms with Crippen LogP contribution in [0.4, 0.5) is 22.0 Å². The van der Waals surface area contributed by atoms with E-state index in [1.54, 1.807) is 6.07 Å². The van der Waals surface area contributed by atoms with Crippen molar-refractivity contribution in [3.05, 3.63) is 64.1 Å². The molecule has 5 nitrogen and oxygen atoms in total. The quantitative estimate of drug-likeness (QED) is 0.203. The van der Waals surface area contributed by atoms with Gasteiger partial charge >= 0.3 is 0 Å². The zero-order valence-corrected chi connectivity index (χ0v) is 18.6. The molecule has 0 atom stereocenters. The molecule has 0 saturated carbocycles. The molecule has 1 aliphatic rings. The van der Waals surface area contributed by atoms with Gasteiger partial charge in [0.2, 0.25) is 29.1 Å². The lowest BCUT2D eigenvalue weighted by Gasteiger charge is -2.16. The molecular weight excluding hydrogens is 467 g/mol. The molecule has 1 N–H and O–H groups in total.